The van der Waals surface area contributed by atoms with Crippen LogP contribution in [0, 0.1) is 6.92 Å². The van der Waals surface area contributed by atoms with Gasteiger partial charge in [-0.25, -0.2) is 9.78 Å². The minimum atomic E-state index is -0.530. The summed E-state index contributed by atoms with van der Waals surface area (Å²) in [7, 11) is 0. The van der Waals surface area contributed by atoms with Crippen molar-refractivity contribution in [3.05, 3.63) is 58.5 Å². The normalized spacial score (nSPS) is 10.7. The van der Waals surface area contributed by atoms with Gasteiger partial charge in [0.25, 0.3) is 5.91 Å². The molecule has 1 amide bonds. The number of fused-ring (bicyclic) bond motifs is 1. The van der Waals surface area contributed by atoms with Crippen molar-refractivity contribution in [2.45, 2.75) is 13.8 Å². The van der Waals surface area contributed by atoms with Gasteiger partial charge < -0.3 is 15.0 Å². The third-order valence-corrected chi connectivity index (χ3v) is 3.80. The van der Waals surface area contributed by atoms with Crippen LogP contribution in [0.1, 0.15) is 33.5 Å². The first-order valence-corrected chi connectivity index (χ1v) is 8.10. The molecule has 0 atom stereocenters. The highest BCUT2D eigenvalue weighted by Gasteiger charge is 2.21. The fourth-order valence-electron chi connectivity index (χ4n) is 2.57. The van der Waals surface area contributed by atoms with Crippen molar-refractivity contribution in [2.75, 3.05) is 11.9 Å². The Morgan fingerprint density at radius 1 is 1.28 bits per heavy atom. The molecule has 0 fully saturated rings. The molecule has 2 aromatic heterocycles. The molecule has 3 aromatic rings. The van der Waals surface area contributed by atoms with Crippen LogP contribution in [0.4, 0.5) is 5.69 Å². The van der Waals surface area contributed by atoms with Gasteiger partial charge in [-0.15, -0.1) is 0 Å². The van der Waals surface area contributed by atoms with Crippen LogP contribution in [0.15, 0.2) is 36.4 Å². The summed E-state index contributed by atoms with van der Waals surface area (Å²) in [5.41, 5.74) is 2.29. The zero-order valence-corrected chi connectivity index (χ0v) is 14.5. The molecule has 0 aliphatic carbocycles. The number of carbonyl (C=O) groups excluding carboxylic acids is 2. The van der Waals surface area contributed by atoms with E-state index in [0.717, 1.165) is 10.9 Å². The number of esters is 1. The summed E-state index contributed by atoms with van der Waals surface area (Å²) in [5.74, 6) is -0.916. The van der Waals surface area contributed by atoms with Gasteiger partial charge in [-0.3, -0.25) is 4.79 Å². The Kier molecular flexibility index (Phi) is 4.72. The average Bonchev–Trinajstić information content (AvgIpc) is 2.93. The molecule has 2 N–H and O–H groups in total. The Morgan fingerprint density at radius 3 is 2.76 bits per heavy atom. The van der Waals surface area contributed by atoms with E-state index >= 15 is 0 Å². The van der Waals surface area contributed by atoms with Crippen molar-refractivity contribution in [2.24, 2.45) is 0 Å². The second-order valence-electron chi connectivity index (χ2n) is 5.42. The van der Waals surface area contributed by atoms with E-state index in [1.165, 1.54) is 6.07 Å². The fourth-order valence-corrected chi connectivity index (χ4v) is 2.82. The molecule has 0 unspecified atom stereocenters. The summed E-state index contributed by atoms with van der Waals surface area (Å²) in [6.45, 7) is 3.71. The van der Waals surface area contributed by atoms with Crippen LogP contribution in [0.3, 0.4) is 0 Å². The highest BCUT2D eigenvalue weighted by molar-refractivity contribution is 6.30. The van der Waals surface area contributed by atoms with Gasteiger partial charge in [-0.2, -0.15) is 0 Å². The lowest BCUT2D eigenvalue weighted by Gasteiger charge is -2.08. The van der Waals surface area contributed by atoms with Crippen LogP contribution >= 0.6 is 11.6 Å². The number of amides is 1. The van der Waals surface area contributed by atoms with Crippen molar-refractivity contribution in [1.82, 2.24) is 9.97 Å². The Bertz CT molecular complexity index is 945. The number of para-hydroxylation sites is 1. The number of aromatic nitrogens is 2. The van der Waals surface area contributed by atoms with Gasteiger partial charge in [0, 0.05) is 22.2 Å². The van der Waals surface area contributed by atoms with Gasteiger partial charge in [0.1, 0.15) is 10.8 Å². The predicted molar refractivity (Wildman–Crippen MR) is 96.2 cm³/mol. The first-order valence-electron chi connectivity index (χ1n) is 7.73. The maximum atomic E-state index is 12.6. The number of H-pyrrole nitrogens is 1. The van der Waals surface area contributed by atoms with Crippen molar-refractivity contribution in [1.29, 1.82) is 0 Å². The number of nitrogens with zero attached hydrogens (tertiary/aromatic N) is 1. The summed E-state index contributed by atoms with van der Waals surface area (Å²) >= 11 is 5.92. The molecule has 0 radical (unpaired) electrons. The summed E-state index contributed by atoms with van der Waals surface area (Å²) in [5, 5.41) is 3.74. The lowest BCUT2D eigenvalue weighted by Crippen LogP contribution is -2.16. The molecule has 128 valence electrons. The molecule has 0 aliphatic rings. The minimum Gasteiger partial charge on any atom is -0.461 e. The number of hydrogen-bond acceptors (Lipinski definition) is 4. The third-order valence-electron chi connectivity index (χ3n) is 3.61. The SMILES string of the molecule is CCOC(=O)c1[nH]c2ccccc2c1NC(=O)c1cc(C)nc(Cl)c1. The third kappa shape index (κ3) is 3.49. The van der Waals surface area contributed by atoms with Crippen LogP contribution in [-0.2, 0) is 4.74 Å². The van der Waals surface area contributed by atoms with E-state index < -0.39 is 5.97 Å². The monoisotopic (exact) mass is 357 g/mol. The molecule has 0 saturated heterocycles. The Labute approximate surface area is 149 Å². The molecule has 1 aromatic carbocycles. The van der Waals surface area contributed by atoms with Gasteiger partial charge in [-0.05, 0) is 32.0 Å². The van der Waals surface area contributed by atoms with E-state index in [1.807, 2.05) is 24.3 Å². The molecule has 0 bridgehead atoms. The topological polar surface area (TPSA) is 84.1 Å². The van der Waals surface area contributed by atoms with E-state index in [2.05, 4.69) is 15.3 Å². The second kappa shape index (κ2) is 6.94. The maximum Gasteiger partial charge on any atom is 0.356 e. The van der Waals surface area contributed by atoms with Crippen molar-refractivity contribution in [3.63, 3.8) is 0 Å². The average molecular weight is 358 g/mol. The number of nitrogens with one attached hydrogen (secondary N) is 2. The fraction of sp³-hybridized carbons (Fsp3) is 0.167. The number of aromatic amines is 1. The molecule has 25 heavy (non-hydrogen) atoms. The van der Waals surface area contributed by atoms with Gasteiger partial charge in [0.15, 0.2) is 0 Å². The van der Waals surface area contributed by atoms with Gasteiger partial charge in [0.2, 0.25) is 0 Å². The molecule has 7 heteroatoms. The zero-order chi connectivity index (χ0) is 18.0. The standard InChI is InChI=1S/C18H16ClN3O3/c1-3-25-18(24)16-15(12-6-4-5-7-13(12)21-16)22-17(23)11-8-10(2)20-14(19)9-11/h4-9,21H,3H2,1-2H3,(H,22,23). The predicted octanol–water partition coefficient (Wildman–Crippen LogP) is 3.95. The smallest absolute Gasteiger partial charge is 0.356 e. The van der Waals surface area contributed by atoms with Gasteiger partial charge >= 0.3 is 5.97 Å². The zero-order valence-electron chi connectivity index (χ0n) is 13.7. The maximum absolute atomic E-state index is 12.6. The van der Waals surface area contributed by atoms with Crippen molar-refractivity contribution < 1.29 is 14.3 Å². The lowest BCUT2D eigenvalue weighted by molar-refractivity contribution is 0.0522. The van der Waals surface area contributed by atoms with E-state index in [-0.39, 0.29) is 23.4 Å². The van der Waals surface area contributed by atoms with Crippen LogP contribution in [0.2, 0.25) is 5.15 Å². The largest absolute Gasteiger partial charge is 0.461 e. The Balaban J connectivity index is 2.03. The number of aryl methyl sites for hydroxylation is 1. The number of pyridine rings is 1. The van der Waals surface area contributed by atoms with Crippen molar-refractivity contribution in [3.8, 4) is 0 Å². The highest BCUT2D eigenvalue weighted by atomic mass is 35.5. The number of rotatable bonds is 4. The minimum absolute atomic E-state index is 0.202. The first kappa shape index (κ1) is 17.0. The Morgan fingerprint density at radius 2 is 2.04 bits per heavy atom. The van der Waals surface area contributed by atoms with E-state index in [0.29, 0.717) is 16.9 Å². The van der Waals surface area contributed by atoms with Gasteiger partial charge in [-0.1, -0.05) is 29.8 Å². The molecule has 0 aliphatic heterocycles. The van der Waals surface area contributed by atoms with E-state index in [1.54, 1.807) is 19.9 Å². The second-order valence-corrected chi connectivity index (χ2v) is 5.80. The number of anilines is 1. The summed E-state index contributed by atoms with van der Waals surface area (Å²) in [4.78, 5) is 31.9. The van der Waals surface area contributed by atoms with Crippen LogP contribution in [-0.4, -0.2) is 28.5 Å². The number of hydrogen-bond donors (Lipinski definition) is 2. The molecule has 0 saturated carbocycles. The summed E-state index contributed by atoms with van der Waals surface area (Å²) < 4.78 is 5.07. The molecule has 2 heterocycles. The van der Waals surface area contributed by atoms with Crippen LogP contribution in [0.25, 0.3) is 10.9 Å². The number of benzene rings is 1. The van der Waals surface area contributed by atoms with Crippen LogP contribution in [0.5, 0.6) is 0 Å². The summed E-state index contributed by atoms with van der Waals surface area (Å²) in [6.07, 6.45) is 0. The lowest BCUT2D eigenvalue weighted by atomic mass is 10.2. The summed E-state index contributed by atoms with van der Waals surface area (Å²) in [6, 6.07) is 10.4. The quantitative estimate of drug-likeness (QED) is 0.547. The van der Waals surface area contributed by atoms with E-state index in [4.69, 9.17) is 16.3 Å². The first-order chi connectivity index (χ1) is 12.0. The van der Waals surface area contributed by atoms with E-state index in [9.17, 15) is 9.59 Å². The molecule has 0 spiro atoms. The number of halogens is 1. The number of ether oxygens (including phenoxy) is 1. The van der Waals surface area contributed by atoms with Gasteiger partial charge in [0.05, 0.1) is 12.3 Å². The Hall–Kier alpha value is -2.86. The molecule has 6 nitrogen and oxygen atoms in total. The molecular formula is C18H16ClN3O3. The molecule has 3 rings (SSSR count). The van der Waals surface area contributed by atoms with Crippen LogP contribution < -0.4 is 5.32 Å². The number of carbonyl (C=O) groups is 2. The highest BCUT2D eigenvalue weighted by Crippen LogP contribution is 2.29. The molecular weight excluding hydrogens is 342 g/mol. The van der Waals surface area contributed by atoms with Crippen molar-refractivity contribution >= 4 is 40.1 Å².